The highest BCUT2D eigenvalue weighted by atomic mass is 127. The lowest BCUT2D eigenvalue weighted by atomic mass is 9.96. The van der Waals surface area contributed by atoms with Crippen molar-refractivity contribution in [3.63, 3.8) is 0 Å². The normalized spacial score (nSPS) is 16.2. The predicted octanol–water partition coefficient (Wildman–Crippen LogP) is 1.56. The molecule has 154 valence electrons. The Hall–Kier alpha value is -0.610. The van der Waals surface area contributed by atoms with E-state index in [0.717, 1.165) is 90.5 Å². The van der Waals surface area contributed by atoms with Crippen molar-refractivity contribution in [2.45, 2.75) is 46.0 Å². The Morgan fingerprint density at radius 1 is 1.19 bits per heavy atom. The Morgan fingerprint density at radius 2 is 1.92 bits per heavy atom. The number of amides is 1. The van der Waals surface area contributed by atoms with E-state index in [1.807, 2.05) is 6.92 Å². The topological polar surface area (TPSA) is 92.0 Å². The third-order valence-electron chi connectivity index (χ3n) is 4.45. The Balaban J connectivity index is 0.00000625. The highest BCUT2D eigenvalue weighted by Crippen LogP contribution is 2.16. The number of halogens is 1. The van der Waals surface area contributed by atoms with E-state index in [-0.39, 0.29) is 35.8 Å². The molecule has 0 unspecified atom stereocenters. The summed E-state index contributed by atoms with van der Waals surface area (Å²) in [6, 6.07) is 0. The summed E-state index contributed by atoms with van der Waals surface area (Å²) in [5.74, 6) is 0.834. The maximum atomic E-state index is 11.2. The summed E-state index contributed by atoms with van der Waals surface area (Å²) in [5.41, 5.74) is 5.37. The van der Waals surface area contributed by atoms with Crippen LogP contribution in [0.25, 0.3) is 0 Å². The minimum atomic E-state index is -0.139. The van der Waals surface area contributed by atoms with Crippen LogP contribution in [0.4, 0.5) is 0 Å². The summed E-state index contributed by atoms with van der Waals surface area (Å²) in [6.45, 7) is 11.3. The second-order valence-corrected chi connectivity index (χ2v) is 6.46. The second kappa shape index (κ2) is 16.6. The number of likely N-dealkylation sites (tertiary alicyclic amines) is 1. The summed E-state index contributed by atoms with van der Waals surface area (Å²) >= 11 is 0. The molecule has 0 aromatic heterocycles. The van der Waals surface area contributed by atoms with E-state index in [1.54, 1.807) is 0 Å². The first-order valence-corrected chi connectivity index (χ1v) is 9.79. The number of rotatable bonds is 12. The van der Waals surface area contributed by atoms with Crippen molar-refractivity contribution in [1.82, 2.24) is 15.5 Å². The molecule has 0 saturated carbocycles. The third-order valence-corrected chi connectivity index (χ3v) is 4.45. The lowest BCUT2D eigenvalue weighted by Crippen LogP contribution is -2.39. The number of guanidine groups is 1. The van der Waals surface area contributed by atoms with Gasteiger partial charge in [0, 0.05) is 38.8 Å². The van der Waals surface area contributed by atoms with E-state index < -0.39 is 0 Å². The van der Waals surface area contributed by atoms with Gasteiger partial charge >= 0.3 is 0 Å². The van der Waals surface area contributed by atoms with Crippen LogP contribution in [0.2, 0.25) is 0 Å². The smallest absolute Gasteiger partial charge is 0.220 e. The van der Waals surface area contributed by atoms with Crippen LogP contribution in [-0.2, 0) is 9.53 Å². The van der Waals surface area contributed by atoms with Crippen molar-refractivity contribution < 1.29 is 9.53 Å². The number of hydrogen-bond acceptors (Lipinski definition) is 4. The molecule has 1 aliphatic rings. The van der Waals surface area contributed by atoms with Gasteiger partial charge in [0.1, 0.15) is 0 Å². The fourth-order valence-electron chi connectivity index (χ4n) is 2.95. The fraction of sp³-hybridized carbons (Fsp3) is 0.889. The molecule has 0 atom stereocenters. The van der Waals surface area contributed by atoms with E-state index in [2.05, 4.69) is 27.4 Å². The number of carbonyl (C=O) groups excluding carboxylic acids is 1. The van der Waals surface area contributed by atoms with Crippen molar-refractivity contribution in [3.05, 3.63) is 0 Å². The molecule has 0 spiro atoms. The van der Waals surface area contributed by atoms with Gasteiger partial charge in [-0.2, -0.15) is 0 Å². The zero-order chi connectivity index (χ0) is 18.3. The van der Waals surface area contributed by atoms with E-state index in [0.29, 0.717) is 0 Å². The van der Waals surface area contributed by atoms with Gasteiger partial charge < -0.3 is 26.0 Å². The maximum absolute atomic E-state index is 11.2. The predicted molar refractivity (Wildman–Crippen MR) is 118 cm³/mol. The number of carbonyl (C=O) groups is 1. The average Bonchev–Trinajstić information content (AvgIpc) is 2.61. The van der Waals surface area contributed by atoms with Crippen molar-refractivity contribution in [2.24, 2.45) is 16.6 Å². The molecule has 0 aliphatic carbocycles. The molecule has 1 amide bonds. The molecular weight excluding hydrogens is 445 g/mol. The molecule has 1 heterocycles. The van der Waals surface area contributed by atoms with E-state index in [4.69, 9.17) is 10.5 Å². The lowest BCUT2D eigenvalue weighted by Gasteiger charge is -2.30. The quantitative estimate of drug-likeness (QED) is 0.170. The number of unbranched alkanes of at least 4 members (excludes halogenated alkanes) is 1. The van der Waals surface area contributed by atoms with E-state index in [1.165, 1.54) is 0 Å². The SMILES string of the molecule is CCNC(=NCCCOCC)NCCCCN1CCC(C(N)=O)CC1.I. The number of nitrogens with one attached hydrogen (secondary N) is 2. The van der Waals surface area contributed by atoms with Gasteiger partial charge in [0.15, 0.2) is 5.96 Å². The standard InChI is InChI=1S/C18H37N5O2.HI/c1-3-20-18(22-11-7-15-25-4-2)21-10-5-6-12-23-13-8-16(9-14-23)17(19)24;/h16H,3-15H2,1-2H3,(H2,19,24)(H2,20,21,22);1H. The van der Waals surface area contributed by atoms with Crippen LogP contribution in [0.15, 0.2) is 4.99 Å². The van der Waals surface area contributed by atoms with E-state index >= 15 is 0 Å². The molecule has 1 rings (SSSR count). The number of hydrogen-bond donors (Lipinski definition) is 3. The van der Waals surface area contributed by atoms with Crippen molar-refractivity contribution >= 4 is 35.8 Å². The van der Waals surface area contributed by atoms with Crippen molar-refractivity contribution in [3.8, 4) is 0 Å². The zero-order valence-corrected chi connectivity index (χ0v) is 18.8. The highest BCUT2D eigenvalue weighted by Gasteiger charge is 2.22. The molecule has 26 heavy (non-hydrogen) atoms. The van der Waals surface area contributed by atoms with Gasteiger partial charge in [-0.05, 0) is 65.6 Å². The number of ether oxygens (including phenoxy) is 1. The van der Waals surface area contributed by atoms with Crippen LogP contribution < -0.4 is 16.4 Å². The minimum Gasteiger partial charge on any atom is -0.382 e. The van der Waals surface area contributed by atoms with Crippen LogP contribution in [-0.4, -0.2) is 69.2 Å². The molecule has 0 bridgehead atoms. The van der Waals surface area contributed by atoms with E-state index in [9.17, 15) is 4.79 Å². The van der Waals surface area contributed by atoms with Gasteiger partial charge in [0.2, 0.25) is 5.91 Å². The maximum Gasteiger partial charge on any atom is 0.220 e. The highest BCUT2D eigenvalue weighted by molar-refractivity contribution is 14.0. The second-order valence-electron chi connectivity index (χ2n) is 6.46. The van der Waals surface area contributed by atoms with Gasteiger partial charge in [-0.25, -0.2) is 0 Å². The molecule has 8 heteroatoms. The molecule has 4 N–H and O–H groups in total. The first-order chi connectivity index (χ1) is 12.2. The molecule has 0 aromatic carbocycles. The molecule has 1 fully saturated rings. The summed E-state index contributed by atoms with van der Waals surface area (Å²) in [7, 11) is 0. The number of piperidine rings is 1. The molecule has 1 saturated heterocycles. The first kappa shape index (κ1) is 25.4. The Labute approximate surface area is 175 Å². The molecule has 7 nitrogen and oxygen atoms in total. The minimum absolute atomic E-state index is 0. The number of primary amides is 1. The van der Waals surface area contributed by atoms with Crippen molar-refractivity contribution in [2.75, 3.05) is 52.5 Å². The van der Waals surface area contributed by atoms with Crippen molar-refractivity contribution in [1.29, 1.82) is 0 Å². The zero-order valence-electron chi connectivity index (χ0n) is 16.5. The summed E-state index contributed by atoms with van der Waals surface area (Å²) in [6.07, 6.45) is 5.03. The largest absolute Gasteiger partial charge is 0.382 e. The third kappa shape index (κ3) is 11.9. The lowest BCUT2D eigenvalue weighted by molar-refractivity contribution is -0.123. The van der Waals surface area contributed by atoms with Gasteiger partial charge in [-0.3, -0.25) is 9.79 Å². The van der Waals surface area contributed by atoms with Gasteiger partial charge in [-0.15, -0.1) is 24.0 Å². The Morgan fingerprint density at radius 3 is 2.54 bits per heavy atom. The number of nitrogens with zero attached hydrogens (tertiary/aromatic N) is 2. The summed E-state index contributed by atoms with van der Waals surface area (Å²) < 4.78 is 5.33. The van der Waals surface area contributed by atoms with Gasteiger partial charge in [-0.1, -0.05) is 0 Å². The monoisotopic (exact) mass is 483 g/mol. The number of nitrogens with two attached hydrogens (primary N) is 1. The van der Waals surface area contributed by atoms with Crippen LogP contribution in [0.5, 0.6) is 0 Å². The molecule has 0 radical (unpaired) electrons. The first-order valence-electron chi connectivity index (χ1n) is 9.79. The van der Waals surface area contributed by atoms with Crippen LogP contribution in [0.1, 0.15) is 46.0 Å². The van der Waals surface area contributed by atoms with Crippen LogP contribution in [0, 0.1) is 5.92 Å². The molecule has 0 aromatic rings. The van der Waals surface area contributed by atoms with Gasteiger partial charge in [0.25, 0.3) is 0 Å². The average molecular weight is 483 g/mol. The summed E-state index contributed by atoms with van der Waals surface area (Å²) in [5, 5.41) is 6.66. The fourth-order valence-corrected chi connectivity index (χ4v) is 2.95. The van der Waals surface area contributed by atoms with Gasteiger partial charge in [0.05, 0.1) is 0 Å². The number of aliphatic imine (C=N–C) groups is 1. The van der Waals surface area contributed by atoms with Crippen LogP contribution in [0.3, 0.4) is 0 Å². The molecular formula is C18H38IN5O2. The Kier molecular flexibility index (Phi) is 16.2. The summed E-state index contributed by atoms with van der Waals surface area (Å²) in [4.78, 5) is 18.2. The Bertz CT molecular complexity index is 388. The molecule has 1 aliphatic heterocycles. The van der Waals surface area contributed by atoms with Crippen LogP contribution >= 0.6 is 24.0 Å².